The van der Waals surface area contributed by atoms with Crippen LogP contribution in [-0.4, -0.2) is 21.1 Å². The summed E-state index contributed by atoms with van der Waals surface area (Å²) in [5, 5.41) is 8.85. The van der Waals surface area contributed by atoms with Crippen molar-refractivity contribution in [2.75, 3.05) is 5.32 Å². The van der Waals surface area contributed by atoms with Crippen molar-refractivity contribution in [2.24, 2.45) is 0 Å². The Morgan fingerprint density at radius 2 is 1.91 bits per heavy atom. The molecule has 0 aliphatic carbocycles. The number of anilines is 1. The molecule has 22 heavy (non-hydrogen) atoms. The third-order valence-corrected chi connectivity index (χ3v) is 2.98. The lowest BCUT2D eigenvalue weighted by Crippen LogP contribution is -2.12. The van der Waals surface area contributed by atoms with Crippen LogP contribution in [0.15, 0.2) is 48.8 Å². The number of carbonyl (C=O) groups is 1. The Hall–Kier alpha value is -3.09. The van der Waals surface area contributed by atoms with Crippen molar-refractivity contribution in [3.8, 4) is 11.3 Å². The summed E-state index contributed by atoms with van der Waals surface area (Å²) in [4.78, 5) is 15.8. The van der Waals surface area contributed by atoms with Gasteiger partial charge in [-0.15, -0.1) is 0 Å². The van der Waals surface area contributed by atoms with Gasteiger partial charge in [-0.3, -0.25) is 14.9 Å². The Bertz CT molecular complexity index is 797. The Balaban J connectivity index is 1.84. The quantitative estimate of drug-likeness (QED) is 0.781. The first-order valence-corrected chi connectivity index (χ1v) is 6.36. The first kappa shape index (κ1) is 13.9. The van der Waals surface area contributed by atoms with Crippen LogP contribution < -0.4 is 5.32 Å². The number of aromatic amines is 1. The minimum Gasteiger partial charge on any atom is -0.305 e. The molecule has 2 N–H and O–H groups in total. The minimum atomic E-state index is -0.714. The number of halogens is 2. The van der Waals surface area contributed by atoms with E-state index in [2.05, 4.69) is 20.5 Å². The van der Waals surface area contributed by atoms with E-state index in [1.165, 1.54) is 18.3 Å². The smallest absolute Gasteiger partial charge is 0.258 e. The molecule has 0 fully saturated rings. The van der Waals surface area contributed by atoms with E-state index in [1.807, 2.05) is 0 Å². The van der Waals surface area contributed by atoms with Gasteiger partial charge in [0.2, 0.25) is 0 Å². The standard InChI is InChI=1S/C15H10F2N4O/c16-10-4-1-5-11(17)14(10)12-7-13(21-20-12)19-15(22)9-3-2-6-18-8-9/h1-8H,(H2,19,20,21,22). The maximum absolute atomic E-state index is 13.7. The van der Waals surface area contributed by atoms with Gasteiger partial charge in [0.15, 0.2) is 5.82 Å². The lowest BCUT2D eigenvalue weighted by Gasteiger charge is -2.01. The molecule has 3 aromatic rings. The lowest BCUT2D eigenvalue weighted by atomic mass is 10.1. The second kappa shape index (κ2) is 5.72. The molecule has 2 aromatic heterocycles. The molecule has 0 saturated carbocycles. The molecule has 0 unspecified atom stereocenters. The topological polar surface area (TPSA) is 70.7 Å². The van der Waals surface area contributed by atoms with Crippen LogP contribution in [0.1, 0.15) is 10.4 Å². The van der Waals surface area contributed by atoms with Gasteiger partial charge >= 0.3 is 0 Å². The highest BCUT2D eigenvalue weighted by atomic mass is 19.1. The zero-order chi connectivity index (χ0) is 15.5. The van der Waals surface area contributed by atoms with Gasteiger partial charge in [0, 0.05) is 18.5 Å². The van der Waals surface area contributed by atoms with Crippen molar-refractivity contribution in [1.29, 1.82) is 0 Å². The number of rotatable bonds is 3. The number of benzene rings is 1. The van der Waals surface area contributed by atoms with E-state index in [-0.39, 0.29) is 17.1 Å². The van der Waals surface area contributed by atoms with Gasteiger partial charge in [0.05, 0.1) is 16.8 Å². The van der Waals surface area contributed by atoms with E-state index in [4.69, 9.17) is 0 Å². The number of pyridine rings is 1. The summed E-state index contributed by atoms with van der Waals surface area (Å²) in [5.74, 6) is -1.69. The maximum atomic E-state index is 13.7. The molecule has 3 rings (SSSR count). The number of aromatic nitrogens is 3. The van der Waals surface area contributed by atoms with Gasteiger partial charge in [-0.2, -0.15) is 5.10 Å². The highest BCUT2D eigenvalue weighted by Crippen LogP contribution is 2.25. The van der Waals surface area contributed by atoms with Crippen molar-refractivity contribution in [3.63, 3.8) is 0 Å². The lowest BCUT2D eigenvalue weighted by molar-refractivity contribution is 0.102. The molecule has 0 radical (unpaired) electrons. The van der Waals surface area contributed by atoms with Crippen LogP contribution in [-0.2, 0) is 0 Å². The van der Waals surface area contributed by atoms with Crippen molar-refractivity contribution in [2.45, 2.75) is 0 Å². The number of H-pyrrole nitrogens is 1. The fraction of sp³-hybridized carbons (Fsp3) is 0. The summed E-state index contributed by atoms with van der Waals surface area (Å²) in [5.41, 5.74) is 0.262. The number of hydrogen-bond acceptors (Lipinski definition) is 3. The number of nitrogens with one attached hydrogen (secondary N) is 2. The highest BCUT2D eigenvalue weighted by molar-refractivity contribution is 6.03. The average molecular weight is 300 g/mol. The maximum Gasteiger partial charge on any atom is 0.258 e. The molecule has 110 valence electrons. The zero-order valence-electron chi connectivity index (χ0n) is 11.2. The largest absolute Gasteiger partial charge is 0.305 e. The summed E-state index contributed by atoms with van der Waals surface area (Å²) >= 11 is 0. The van der Waals surface area contributed by atoms with E-state index >= 15 is 0 Å². The van der Waals surface area contributed by atoms with Gasteiger partial charge in [-0.1, -0.05) is 6.07 Å². The second-order valence-electron chi connectivity index (χ2n) is 4.46. The van der Waals surface area contributed by atoms with Gasteiger partial charge in [-0.25, -0.2) is 8.78 Å². The van der Waals surface area contributed by atoms with Crippen LogP contribution in [0.25, 0.3) is 11.3 Å². The first-order valence-electron chi connectivity index (χ1n) is 6.36. The fourth-order valence-corrected chi connectivity index (χ4v) is 1.95. The number of hydrogen-bond donors (Lipinski definition) is 2. The van der Waals surface area contributed by atoms with Gasteiger partial charge in [0.1, 0.15) is 11.6 Å². The van der Waals surface area contributed by atoms with E-state index in [9.17, 15) is 13.6 Å². The number of carbonyl (C=O) groups excluding carboxylic acids is 1. The molecule has 0 aliphatic heterocycles. The Morgan fingerprint density at radius 3 is 2.59 bits per heavy atom. The molecule has 1 aromatic carbocycles. The molecule has 5 nitrogen and oxygen atoms in total. The molecule has 0 spiro atoms. The third kappa shape index (κ3) is 2.69. The Kier molecular flexibility index (Phi) is 3.61. The first-order chi connectivity index (χ1) is 10.6. The molecule has 0 aliphatic rings. The summed E-state index contributed by atoms with van der Waals surface area (Å²) in [6, 6.07) is 8.14. The molecular weight excluding hydrogens is 290 g/mol. The normalized spacial score (nSPS) is 10.5. The summed E-state index contributed by atoms with van der Waals surface area (Å²) < 4.78 is 27.4. The van der Waals surface area contributed by atoms with Crippen LogP contribution >= 0.6 is 0 Å². The SMILES string of the molecule is O=C(Nc1cc(-c2c(F)cccc2F)[nH]n1)c1cccnc1. The van der Waals surface area contributed by atoms with Crippen molar-refractivity contribution < 1.29 is 13.6 Å². The number of nitrogens with zero attached hydrogens (tertiary/aromatic N) is 2. The minimum absolute atomic E-state index is 0.136. The molecule has 0 saturated heterocycles. The monoisotopic (exact) mass is 300 g/mol. The van der Waals surface area contributed by atoms with Crippen LogP contribution in [0, 0.1) is 11.6 Å². The van der Waals surface area contributed by atoms with Gasteiger partial charge < -0.3 is 5.32 Å². The van der Waals surface area contributed by atoms with Crippen LogP contribution in [0.3, 0.4) is 0 Å². The Labute approximate surface area is 124 Å². The Morgan fingerprint density at radius 1 is 1.14 bits per heavy atom. The summed E-state index contributed by atoms with van der Waals surface area (Å²) in [6.45, 7) is 0. The van der Waals surface area contributed by atoms with E-state index in [0.29, 0.717) is 5.56 Å². The highest BCUT2D eigenvalue weighted by Gasteiger charge is 2.15. The fourth-order valence-electron chi connectivity index (χ4n) is 1.95. The predicted octanol–water partition coefficient (Wildman–Crippen LogP) is 3.00. The van der Waals surface area contributed by atoms with Crippen molar-refractivity contribution in [1.82, 2.24) is 15.2 Å². The predicted molar refractivity (Wildman–Crippen MR) is 76.1 cm³/mol. The van der Waals surface area contributed by atoms with Crippen molar-refractivity contribution in [3.05, 3.63) is 66.0 Å². The van der Waals surface area contributed by atoms with Gasteiger partial charge in [0.25, 0.3) is 5.91 Å². The third-order valence-electron chi connectivity index (χ3n) is 2.98. The van der Waals surface area contributed by atoms with Crippen molar-refractivity contribution >= 4 is 11.7 Å². The molecular formula is C15H10F2N4O. The summed E-state index contributed by atoms with van der Waals surface area (Å²) in [7, 11) is 0. The molecule has 0 atom stereocenters. The van der Waals surface area contributed by atoms with Crippen LogP contribution in [0.5, 0.6) is 0 Å². The molecule has 1 amide bonds. The van der Waals surface area contributed by atoms with Crippen LogP contribution in [0.2, 0.25) is 0 Å². The van der Waals surface area contributed by atoms with E-state index in [1.54, 1.807) is 18.3 Å². The van der Waals surface area contributed by atoms with E-state index < -0.39 is 17.5 Å². The summed E-state index contributed by atoms with van der Waals surface area (Å²) in [6.07, 6.45) is 2.95. The van der Waals surface area contributed by atoms with Crippen LogP contribution in [0.4, 0.5) is 14.6 Å². The molecule has 0 bridgehead atoms. The van der Waals surface area contributed by atoms with E-state index in [0.717, 1.165) is 12.1 Å². The second-order valence-corrected chi connectivity index (χ2v) is 4.46. The molecule has 2 heterocycles. The van der Waals surface area contributed by atoms with Gasteiger partial charge in [-0.05, 0) is 24.3 Å². The zero-order valence-corrected chi connectivity index (χ0v) is 11.2. The average Bonchev–Trinajstić information content (AvgIpc) is 2.96. The molecule has 7 heteroatoms. The number of amides is 1.